The van der Waals surface area contributed by atoms with Gasteiger partial charge in [0, 0.05) is 5.92 Å². The Hall–Kier alpha value is -1.40. The SMILES string of the molecule is CC(=O)c1ccccc1OCC(CS(N)(=O)=O)C(C)(C)C. The van der Waals surface area contributed by atoms with E-state index in [1.54, 1.807) is 24.3 Å². The summed E-state index contributed by atoms with van der Waals surface area (Å²) in [5.41, 5.74) is 0.207. The third-order valence-corrected chi connectivity index (χ3v) is 4.23. The van der Waals surface area contributed by atoms with Crippen molar-refractivity contribution in [2.75, 3.05) is 12.4 Å². The molecule has 0 fully saturated rings. The van der Waals surface area contributed by atoms with Gasteiger partial charge in [0.05, 0.1) is 17.9 Å². The molecule has 0 aliphatic rings. The number of hydrogen-bond acceptors (Lipinski definition) is 4. The van der Waals surface area contributed by atoms with Crippen LogP contribution in [0.15, 0.2) is 24.3 Å². The van der Waals surface area contributed by atoms with E-state index < -0.39 is 10.0 Å². The summed E-state index contributed by atoms with van der Waals surface area (Å²) >= 11 is 0. The second-order valence-corrected chi connectivity index (χ2v) is 7.91. The number of benzene rings is 1. The minimum atomic E-state index is -3.58. The Kier molecular flexibility index (Phi) is 5.53. The molecule has 0 radical (unpaired) electrons. The van der Waals surface area contributed by atoms with Crippen LogP contribution in [0.2, 0.25) is 0 Å². The number of ether oxygens (including phenoxy) is 1. The lowest BCUT2D eigenvalue weighted by Crippen LogP contribution is -2.35. The van der Waals surface area contributed by atoms with E-state index in [0.29, 0.717) is 11.3 Å². The normalized spacial score (nSPS) is 13.8. The van der Waals surface area contributed by atoms with Gasteiger partial charge in [-0.05, 0) is 24.5 Å². The van der Waals surface area contributed by atoms with Gasteiger partial charge in [0.2, 0.25) is 10.0 Å². The highest BCUT2D eigenvalue weighted by Gasteiger charge is 2.29. The summed E-state index contributed by atoms with van der Waals surface area (Å²) in [5, 5.41) is 5.14. The molecule has 1 rings (SSSR count). The van der Waals surface area contributed by atoms with Gasteiger partial charge in [0.25, 0.3) is 0 Å². The minimum absolute atomic E-state index is 0.0932. The molecule has 0 heterocycles. The molecule has 0 spiro atoms. The van der Waals surface area contributed by atoms with Crippen molar-refractivity contribution in [3.63, 3.8) is 0 Å². The van der Waals surface area contributed by atoms with Gasteiger partial charge in [-0.1, -0.05) is 32.9 Å². The Morgan fingerprint density at radius 1 is 1.29 bits per heavy atom. The Balaban J connectivity index is 2.90. The average molecular weight is 313 g/mol. The number of para-hydroxylation sites is 1. The molecular weight excluding hydrogens is 290 g/mol. The van der Waals surface area contributed by atoms with E-state index in [-0.39, 0.29) is 29.5 Å². The van der Waals surface area contributed by atoms with E-state index in [4.69, 9.17) is 9.88 Å². The van der Waals surface area contributed by atoms with Gasteiger partial charge in [-0.25, -0.2) is 13.6 Å². The fraction of sp³-hybridized carbons (Fsp3) is 0.533. The molecule has 1 aromatic carbocycles. The summed E-state index contributed by atoms with van der Waals surface area (Å²) in [5.74, 6) is -0.0517. The zero-order chi connectivity index (χ0) is 16.3. The van der Waals surface area contributed by atoms with Gasteiger partial charge in [0.15, 0.2) is 5.78 Å². The summed E-state index contributed by atoms with van der Waals surface area (Å²) < 4.78 is 28.4. The minimum Gasteiger partial charge on any atom is -0.492 e. The third-order valence-electron chi connectivity index (χ3n) is 3.36. The largest absolute Gasteiger partial charge is 0.492 e. The highest BCUT2D eigenvalue weighted by molar-refractivity contribution is 7.89. The lowest BCUT2D eigenvalue weighted by molar-refractivity contribution is 0.101. The van der Waals surface area contributed by atoms with Crippen LogP contribution in [0.3, 0.4) is 0 Å². The van der Waals surface area contributed by atoms with Crippen LogP contribution in [0.25, 0.3) is 0 Å². The molecule has 0 amide bonds. The Bertz CT molecular complexity index is 602. The Labute approximate surface area is 126 Å². The zero-order valence-corrected chi connectivity index (χ0v) is 13.7. The van der Waals surface area contributed by atoms with Gasteiger partial charge in [-0.15, -0.1) is 0 Å². The predicted octanol–water partition coefficient (Wildman–Crippen LogP) is 2.22. The molecule has 0 bridgehead atoms. The predicted molar refractivity (Wildman–Crippen MR) is 82.9 cm³/mol. The fourth-order valence-corrected chi connectivity index (χ4v) is 3.06. The van der Waals surface area contributed by atoms with Gasteiger partial charge >= 0.3 is 0 Å². The van der Waals surface area contributed by atoms with E-state index in [1.807, 2.05) is 20.8 Å². The molecule has 118 valence electrons. The van der Waals surface area contributed by atoms with Crippen LogP contribution in [0.1, 0.15) is 38.1 Å². The summed E-state index contributed by atoms with van der Waals surface area (Å²) in [6, 6.07) is 6.92. The van der Waals surface area contributed by atoms with Crippen LogP contribution in [0, 0.1) is 11.3 Å². The van der Waals surface area contributed by atoms with Crippen LogP contribution < -0.4 is 9.88 Å². The summed E-state index contributed by atoms with van der Waals surface area (Å²) in [4.78, 5) is 11.5. The molecule has 1 unspecified atom stereocenters. The van der Waals surface area contributed by atoms with Gasteiger partial charge in [-0.3, -0.25) is 4.79 Å². The van der Waals surface area contributed by atoms with E-state index in [1.165, 1.54) is 6.92 Å². The van der Waals surface area contributed by atoms with Crippen LogP contribution >= 0.6 is 0 Å². The first-order valence-corrected chi connectivity index (χ1v) is 8.45. The van der Waals surface area contributed by atoms with Crippen LogP contribution in [-0.4, -0.2) is 26.6 Å². The second-order valence-electron chi connectivity index (χ2n) is 6.26. The van der Waals surface area contributed by atoms with Crippen molar-refractivity contribution in [2.45, 2.75) is 27.7 Å². The number of rotatable bonds is 6. The average Bonchev–Trinajstić information content (AvgIpc) is 2.32. The Morgan fingerprint density at radius 2 is 1.86 bits per heavy atom. The van der Waals surface area contributed by atoms with Crippen molar-refractivity contribution >= 4 is 15.8 Å². The number of ketones is 1. The summed E-state index contributed by atoms with van der Waals surface area (Å²) in [7, 11) is -3.58. The van der Waals surface area contributed by atoms with Crippen molar-refractivity contribution in [1.82, 2.24) is 0 Å². The summed E-state index contributed by atoms with van der Waals surface area (Å²) in [6.07, 6.45) is 0. The number of sulfonamides is 1. The van der Waals surface area contributed by atoms with Crippen LogP contribution in [0.5, 0.6) is 5.75 Å². The number of nitrogens with two attached hydrogens (primary N) is 1. The number of carbonyl (C=O) groups excluding carboxylic acids is 1. The van der Waals surface area contributed by atoms with E-state index in [0.717, 1.165) is 0 Å². The maximum atomic E-state index is 11.5. The van der Waals surface area contributed by atoms with Gasteiger partial charge < -0.3 is 4.74 Å². The molecule has 1 atom stereocenters. The molecule has 5 nitrogen and oxygen atoms in total. The van der Waals surface area contributed by atoms with Crippen LogP contribution in [-0.2, 0) is 10.0 Å². The third kappa shape index (κ3) is 5.85. The topological polar surface area (TPSA) is 86.5 Å². The molecule has 1 aromatic rings. The highest BCUT2D eigenvalue weighted by Crippen LogP contribution is 2.28. The molecule has 0 aliphatic carbocycles. The van der Waals surface area contributed by atoms with Crippen molar-refractivity contribution in [2.24, 2.45) is 16.5 Å². The molecular formula is C15H23NO4S. The number of carbonyl (C=O) groups is 1. The van der Waals surface area contributed by atoms with Crippen molar-refractivity contribution in [1.29, 1.82) is 0 Å². The first kappa shape index (κ1) is 17.7. The maximum Gasteiger partial charge on any atom is 0.209 e. The van der Waals surface area contributed by atoms with E-state index in [2.05, 4.69) is 0 Å². The van der Waals surface area contributed by atoms with Gasteiger partial charge in [-0.2, -0.15) is 0 Å². The zero-order valence-electron chi connectivity index (χ0n) is 12.9. The first-order chi connectivity index (χ1) is 9.50. The fourth-order valence-electron chi connectivity index (χ4n) is 1.90. The number of Topliss-reactive ketones (excluding diaryl/α,β-unsaturated/α-hetero) is 1. The van der Waals surface area contributed by atoms with Crippen LogP contribution in [0.4, 0.5) is 0 Å². The standard InChI is InChI=1S/C15H23NO4S/c1-11(17)13-7-5-6-8-14(13)20-9-12(15(2,3)4)10-21(16,18)19/h5-8,12H,9-10H2,1-4H3,(H2,16,18,19). The quantitative estimate of drug-likeness (QED) is 0.816. The van der Waals surface area contributed by atoms with E-state index >= 15 is 0 Å². The van der Waals surface area contributed by atoms with Gasteiger partial charge in [0.1, 0.15) is 5.75 Å². The van der Waals surface area contributed by atoms with Crippen molar-refractivity contribution in [3.8, 4) is 5.75 Å². The maximum absolute atomic E-state index is 11.5. The molecule has 21 heavy (non-hydrogen) atoms. The lowest BCUT2D eigenvalue weighted by Gasteiger charge is -2.30. The number of hydrogen-bond donors (Lipinski definition) is 1. The molecule has 0 saturated carbocycles. The van der Waals surface area contributed by atoms with Crippen molar-refractivity contribution < 1.29 is 17.9 Å². The molecule has 0 saturated heterocycles. The van der Waals surface area contributed by atoms with E-state index in [9.17, 15) is 13.2 Å². The monoisotopic (exact) mass is 313 g/mol. The number of primary sulfonamides is 1. The molecule has 0 aliphatic heterocycles. The smallest absolute Gasteiger partial charge is 0.209 e. The second kappa shape index (κ2) is 6.58. The van der Waals surface area contributed by atoms with Crippen molar-refractivity contribution in [3.05, 3.63) is 29.8 Å². The lowest BCUT2D eigenvalue weighted by atomic mass is 9.82. The highest BCUT2D eigenvalue weighted by atomic mass is 32.2. The summed E-state index contributed by atoms with van der Waals surface area (Å²) in [6.45, 7) is 7.45. The Morgan fingerprint density at radius 3 is 2.33 bits per heavy atom. The molecule has 0 aromatic heterocycles. The molecule has 2 N–H and O–H groups in total. The molecule has 6 heteroatoms. The first-order valence-electron chi connectivity index (χ1n) is 6.74.